The van der Waals surface area contributed by atoms with Crippen molar-refractivity contribution in [2.75, 3.05) is 13.6 Å². The number of ether oxygens (including phenoxy) is 1. The lowest BCUT2D eigenvalue weighted by Crippen LogP contribution is -2.36. The third-order valence-corrected chi connectivity index (χ3v) is 5.74. The fourth-order valence-corrected chi connectivity index (χ4v) is 3.95. The number of hydrogen-bond acceptors (Lipinski definition) is 2. The molecule has 2 rings (SSSR count). The molecule has 1 heterocycles. The maximum absolute atomic E-state index is 13.6. The van der Waals surface area contributed by atoms with Crippen LogP contribution in [0.3, 0.4) is 0 Å². The van der Waals surface area contributed by atoms with E-state index in [1.165, 1.54) is 12.1 Å². The van der Waals surface area contributed by atoms with E-state index >= 15 is 0 Å². The normalized spacial score (nSPS) is 19.2. The lowest BCUT2D eigenvalue weighted by molar-refractivity contribution is -0.137. The summed E-state index contributed by atoms with van der Waals surface area (Å²) in [6, 6.07) is 4.51. The van der Waals surface area contributed by atoms with Gasteiger partial charge >= 0.3 is 12.4 Å². The number of rotatable bonds is 7. The molecule has 198 valence electrons. The minimum absolute atomic E-state index is 0.242. The lowest BCUT2D eigenvalue weighted by Gasteiger charge is -2.35. The van der Waals surface area contributed by atoms with Gasteiger partial charge in [0.2, 0.25) is 0 Å². The van der Waals surface area contributed by atoms with E-state index in [0.717, 1.165) is 48.5 Å². The molecule has 1 unspecified atom stereocenters. The maximum Gasteiger partial charge on any atom is 0.416 e. The van der Waals surface area contributed by atoms with Crippen LogP contribution in [0.5, 0.6) is 5.75 Å². The molecule has 1 atom stereocenters. The van der Waals surface area contributed by atoms with Crippen LogP contribution in [0.1, 0.15) is 52.5 Å². The van der Waals surface area contributed by atoms with Gasteiger partial charge in [-0.05, 0) is 87.6 Å². The van der Waals surface area contributed by atoms with Gasteiger partial charge in [0.15, 0.2) is 0 Å². The summed E-state index contributed by atoms with van der Waals surface area (Å²) in [5, 5.41) is 0. The molecule has 0 N–H and O–H groups in total. The molecule has 0 radical (unpaired) electrons. The fourth-order valence-electron chi connectivity index (χ4n) is 3.95. The van der Waals surface area contributed by atoms with Crippen molar-refractivity contribution in [1.29, 1.82) is 0 Å². The Morgan fingerprint density at radius 2 is 1.72 bits per heavy atom. The van der Waals surface area contributed by atoms with Crippen molar-refractivity contribution in [3.05, 3.63) is 88.2 Å². The minimum Gasteiger partial charge on any atom is -0.484 e. The van der Waals surface area contributed by atoms with Crippen molar-refractivity contribution >= 4 is 0 Å². The van der Waals surface area contributed by atoms with Crippen molar-refractivity contribution in [3.63, 3.8) is 0 Å². The maximum atomic E-state index is 13.6. The van der Waals surface area contributed by atoms with Gasteiger partial charge in [0.1, 0.15) is 11.9 Å². The Balaban J connectivity index is 2.51. The average Bonchev–Trinajstić information content (AvgIpc) is 2.77. The van der Waals surface area contributed by atoms with E-state index in [1.807, 2.05) is 31.9 Å². The molecular formula is C28H33F6NO. The Morgan fingerprint density at radius 1 is 1.08 bits per heavy atom. The van der Waals surface area contributed by atoms with Gasteiger partial charge in [-0.1, -0.05) is 30.7 Å². The molecule has 1 fully saturated rings. The van der Waals surface area contributed by atoms with Crippen LogP contribution < -0.4 is 4.74 Å². The molecule has 0 saturated carbocycles. The Bertz CT molecular complexity index is 1040. The summed E-state index contributed by atoms with van der Waals surface area (Å²) in [6.07, 6.45) is -0.257. The second-order valence-corrected chi connectivity index (χ2v) is 8.84. The van der Waals surface area contributed by atoms with E-state index in [0.29, 0.717) is 23.3 Å². The highest BCUT2D eigenvalue weighted by molar-refractivity contribution is 5.53. The van der Waals surface area contributed by atoms with E-state index in [-0.39, 0.29) is 6.42 Å². The van der Waals surface area contributed by atoms with Gasteiger partial charge in [0.25, 0.3) is 0 Å². The van der Waals surface area contributed by atoms with E-state index in [2.05, 4.69) is 0 Å². The highest BCUT2D eigenvalue weighted by Crippen LogP contribution is 2.34. The van der Waals surface area contributed by atoms with E-state index < -0.39 is 29.6 Å². The quantitative estimate of drug-likeness (QED) is 0.267. The molecule has 0 aliphatic carbocycles. The van der Waals surface area contributed by atoms with Crippen molar-refractivity contribution in [2.24, 2.45) is 0 Å². The van der Waals surface area contributed by atoms with Crippen LogP contribution in [-0.2, 0) is 6.18 Å². The third-order valence-electron chi connectivity index (χ3n) is 5.74. The first-order valence-corrected chi connectivity index (χ1v) is 11.8. The van der Waals surface area contributed by atoms with Crippen molar-refractivity contribution in [1.82, 2.24) is 4.90 Å². The van der Waals surface area contributed by atoms with E-state index in [9.17, 15) is 26.3 Å². The van der Waals surface area contributed by atoms with Gasteiger partial charge in [-0.2, -0.15) is 26.3 Å². The van der Waals surface area contributed by atoms with Gasteiger partial charge < -0.3 is 9.64 Å². The average molecular weight is 514 g/mol. The van der Waals surface area contributed by atoms with Gasteiger partial charge in [0, 0.05) is 13.6 Å². The smallest absolute Gasteiger partial charge is 0.416 e. The Hall–Kier alpha value is -2.90. The second-order valence-electron chi connectivity index (χ2n) is 8.84. The van der Waals surface area contributed by atoms with Gasteiger partial charge in [-0.15, -0.1) is 0 Å². The van der Waals surface area contributed by atoms with Crippen LogP contribution in [0.15, 0.2) is 82.6 Å². The fraction of sp³-hybridized carbons (Fsp3) is 0.429. The van der Waals surface area contributed by atoms with Gasteiger partial charge in [-0.3, -0.25) is 0 Å². The predicted octanol–water partition coefficient (Wildman–Crippen LogP) is 8.80. The highest BCUT2D eigenvalue weighted by Gasteiger charge is 2.33. The standard InChI is InChI=1S/C28H33F6NO/c1-6-9-20(17-22(10-7-2)28(32,33)34)24(19(3)4)18-25-26(11-8-16-35(25)5)36-23-14-12-21(13-15-23)27(29,30)31/h6,9-10,12-15,17-18,26H,7-8,11,16H2,1-5H3/b9-6-,20-17+,22-10-,25-18-. The number of likely N-dealkylation sites (tertiary alicyclic amines) is 1. The number of alkyl halides is 6. The summed E-state index contributed by atoms with van der Waals surface area (Å²) in [4.78, 5) is 1.97. The molecule has 1 saturated heterocycles. The SMILES string of the molecule is C\C=C/C(=C\C(=C\CC)C(F)(F)F)C(/C=C1/C(Oc2ccc(C(F)(F)F)cc2)CCCN1C)=C(C)C. The summed E-state index contributed by atoms with van der Waals surface area (Å²) in [7, 11) is 1.87. The molecule has 0 amide bonds. The molecule has 1 aliphatic rings. The monoisotopic (exact) mass is 513 g/mol. The minimum atomic E-state index is -4.49. The van der Waals surface area contributed by atoms with Crippen molar-refractivity contribution in [2.45, 2.75) is 65.4 Å². The highest BCUT2D eigenvalue weighted by atomic mass is 19.4. The number of piperidine rings is 1. The molecular weight excluding hydrogens is 480 g/mol. The molecule has 0 aromatic heterocycles. The van der Waals surface area contributed by atoms with Crippen molar-refractivity contribution in [3.8, 4) is 5.75 Å². The number of hydrogen-bond donors (Lipinski definition) is 0. The lowest BCUT2D eigenvalue weighted by atomic mass is 9.94. The molecule has 1 aromatic carbocycles. The summed E-state index contributed by atoms with van der Waals surface area (Å²) in [6.45, 7) is 7.77. The number of halogens is 6. The van der Waals surface area contributed by atoms with Crippen LogP contribution in [0.2, 0.25) is 0 Å². The number of likely N-dealkylation sites (N-methyl/N-ethyl adjacent to an activating group) is 1. The van der Waals surface area contributed by atoms with Crippen LogP contribution >= 0.6 is 0 Å². The summed E-state index contributed by atoms with van der Waals surface area (Å²) in [5.41, 5.74) is 1.13. The Kier molecular flexibility index (Phi) is 10.1. The molecule has 1 aliphatic heterocycles. The Labute approximate surface area is 209 Å². The van der Waals surface area contributed by atoms with Gasteiger partial charge in [-0.25, -0.2) is 0 Å². The van der Waals surface area contributed by atoms with Crippen LogP contribution in [0.4, 0.5) is 26.3 Å². The zero-order valence-corrected chi connectivity index (χ0v) is 21.2. The second kappa shape index (κ2) is 12.4. The number of allylic oxidation sites excluding steroid dienone is 9. The van der Waals surface area contributed by atoms with Gasteiger partial charge in [0.05, 0.1) is 16.8 Å². The molecule has 36 heavy (non-hydrogen) atoms. The first-order chi connectivity index (χ1) is 16.8. The number of nitrogens with zero attached hydrogens (tertiary/aromatic N) is 1. The molecule has 2 nitrogen and oxygen atoms in total. The topological polar surface area (TPSA) is 12.5 Å². The van der Waals surface area contributed by atoms with E-state index in [1.54, 1.807) is 26.0 Å². The molecule has 0 spiro atoms. The summed E-state index contributed by atoms with van der Waals surface area (Å²) >= 11 is 0. The zero-order valence-electron chi connectivity index (χ0n) is 21.2. The molecule has 0 bridgehead atoms. The van der Waals surface area contributed by atoms with E-state index in [4.69, 9.17) is 4.74 Å². The predicted molar refractivity (Wildman–Crippen MR) is 132 cm³/mol. The zero-order chi connectivity index (χ0) is 27.1. The Morgan fingerprint density at radius 3 is 2.22 bits per heavy atom. The van der Waals surface area contributed by atoms with Crippen LogP contribution in [0, 0.1) is 0 Å². The molecule has 8 heteroatoms. The largest absolute Gasteiger partial charge is 0.484 e. The molecule has 1 aromatic rings. The first kappa shape index (κ1) is 29.3. The number of benzene rings is 1. The van der Waals surface area contributed by atoms with Crippen LogP contribution in [0.25, 0.3) is 0 Å². The van der Waals surface area contributed by atoms with Crippen LogP contribution in [-0.4, -0.2) is 30.8 Å². The third kappa shape index (κ3) is 8.07. The summed E-state index contributed by atoms with van der Waals surface area (Å²) in [5.74, 6) is 0.294. The first-order valence-electron chi connectivity index (χ1n) is 11.8. The van der Waals surface area contributed by atoms with Crippen molar-refractivity contribution < 1.29 is 31.1 Å². The summed E-state index contributed by atoms with van der Waals surface area (Å²) < 4.78 is 85.7.